The van der Waals surface area contributed by atoms with Crippen molar-refractivity contribution in [1.29, 1.82) is 0 Å². The highest BCUT2D eigenvalue weighted by atomic mass is 19.4. The number of nitrogens with one attached hydrogen (secondary N) is 1. The molecule has 1 N–H and O–H groups in total. The standard InChI is InChI=1S/C20H18F3N3O2/c21-20(22,23)17-6-8-18(9-7-17)28-14-19(27)24-12-15-4-1-2-5-16(15)13-26-11-3-10-25-26/h1-11H,12-14H2,(H,24,27). The Morgan fingerprint density at radius 2 is 1.75 bits per heavy atom. The zero-order valence-corrected chi connectivity index (χ0v) is 14.8. The minimum absolute atomic E-state index is 0.197. The van der Waals surface area contributed by atoms with Crippen LogP contribution in [-0.2, 0) is 24.1 Å². The summed E-state index contributed by atoms with van der Waals surface area (Å²) in [4.78, 5) is 12.0. The molecule has 0 saturated heterocycles. The van der Waals surface area contributed by atoms with Crippen molar-refractivity contribution in [2.24, 2.45) is 0 Å². The van der Waals surface area contributed by atoms with E-state index in [9.17, 15) is 18.0 Å². The highest BCUT2D eigenvalue weighted by molar-refractivity contribution is 5.77. The van der Waals surface area contributed by atoms with Crippen LogP contribution in [0, 0.1) is 0 Å². The number of halogens is 3. The first-order chi connectivity index (χ1) is 13.4. The molecule has 0 unspecified atom stereocenters. The summed E-state index contributed by atoms with van der Waals surface area (Å²) in [7, 11) is 0. The van der Waals surface area contributed by atoms with Crippen LogP contribution in [0.4, 0.5) is 13.2 Å². The SMILES string of the molecule is O=C(COc1ccc(C(F)(F)F)cc1)NCc1ccccc1Cn1cccn1. The monoisotopic (exact) mass is 389 g/mol. The number of carbonyl (C=O) groups is 1. The molecule has 5 nitrogen and oxygen atoms in total. The molecule has 8 heteroatoms. The van der Waals surface area contributed by atoms with Crippen LogP contribution in [0.25, 0.3) is 0 Å². The third-order valence-electron chi connectivity index (χ3n) is 4.04. The summed E-state index contributed by atoms with van der Waals surface area (Å²) in [5.41, 5.74) is 1.20. The van der Waals surface area contributed by atoms with Gasteiger partial charge in [0.05, 0.1) is 12.1 Å². The second-order valence-corrected chi connectivity index (χ2v) is 6.06. The zero-order valence-electron chi connectivity index (χ0n) is 14.8. The van der Waals surface area contributed by atoms with Gasteiger partial charge < -0.3 is 10.1 Å². The third kappa shape index (κ3) is 5.35. The van der Waals surface area contributed by atoms with Crippen LogP contribution >= 0.6 is 0 Å². The van der Waals surface area contributed by atoms with Gasteiger partial charge in [-0.3, -0.25) is 9.48 Å². The van der Waals surface area contributed by atoms with E-state index >= 15 is 0 Å². The highest BCUT2D eigenvalue weighted by Gasteiger charge is 2.30. The summed E-state index contributed by atoms with van der Waals surface area (Å²) in [6.07, 6.45) is -0.851. The highest BCUT2D eigenvalue weighted by Crippen LogP contribution is 2.30. The number of hydrogen-bond donors (Lipinski definition) is 1. The van der Waals surface area contributed by atoms with Crippen LogP contribution in [0.2, 0.25) is 0 Å². The number of nitrogens with zero attached hydrogens (tertiary/aromatic N) is 2. The fraction of sp³-hybridized carbons (Fsp3) is 0.200. The minimum Gasteiger partial charge on any atom is -0.484 e. The molecular weight excluding hydrogens is 371 g/mol. The summed E-state index contributed by atoms with van der Waals surface area (Å²) in [6, 6.07) is 13.7. The van der Waals surface area contributed by atoms with E-state index in [2.05, 4.69) is 10.4 Å². The van der Waals surface area contributed by atoms with Gasteiger partial charge in [0.2, 0.25) is 0 Å². The third-order valence-corrected chi connectivity index (χ3v) is 4.04. The largest absolute Gasteiger partial charge is 0.484 e. The maximum Gasteiger partial charge on any atom is 0.416 e. The van der Waals surface area contributed by atoms with Gasteiger partial charge in [-0.15, -0.1) is 0 Å². The van der Waals surface area contributed by atoms with Crippen molar-refractivity contribution >= 4 is 5.91 Å². The van der Waals surface area contributed by atoms with E-state index in [0.717, 1.165) is 23.3 Å². The number of alkyl halides is 3. The molecule has 0 fully saturated rings. The first kappa shape index (κ1) is 19.5. The molecule has 0 bridgehead atoms. The summed E-state index contributed by atoms with van der Waals surface area (Å²) < 4.78 is 44.6. The topological polar surface area (TPSA) is 56.1 Å². The fourth-order valence-electron chi connectivity index (χ4n) is 2.59. The number of aromatic nitrogens is 2. The zero-order chi connectivity index (χ0) is 20.0. The molecule has 146 valence electrons. The number of amides is 1. The molecular formula is C20H18F3N3O2. The average molecular weight is 389 g/mol. The van der Waals surface area contributed by atoms with Gasteiger partial charge in [0.1, 0.15) is 5.75 Å². The smallest absolute Gasteiger partial charge is 0.416 e. The quantitative estimate of drug-likeness (QED) is 0.671. The van der Waals surface area contributed by atoms with Crippen LogP contribution < -0.4 is 10.1 Å². The lowest BCUT2D eigenvalue weighted by atomic mass is 10.1. The van der Waals surface area contributed by atoms with Gasteiger partial charge in [-0.05, 0) is 41.5 Å². The van der Waals surface area contributed by atoms with E-state index in [1.165, 1.54) is 12.1 Å². The molecule has 1 aromatic heterocycles. The van der Waals surface area contributed by atoms with Crippen LogP contribution in [0.5, 0.6) is 5.75 Å². The lowest BCUT2D eigenvalue weighted by molar-refractivity contribution is -0.137. The Balaban J connectivity index is 1.51. The number of carbonyl (C=O) groups excluding carboxylic acids is 1. The Morgan fingerprint density at radius 1 is 1.04 bits per heavy atom. The number of rotatable bonds is 7. The molecule has 0 radical (unpaired) electrons. The summed E-state index contributed by atoms with van der Waals surface area (Å²) >= 11 is 0. The molecule has 28 heavy (non-hydrogen) atoms. The first-order valence-corrected chi connectivity index (χ1v) is 8.53. The van der Waals surface area contributed by atoms with Gasteiger partial charge in [0, 0.05) is 18.9 Å². The molecule has 1 amide bonds. The predicted octanol–water partition coefficient (Wildman–Crippen LogP) is 3.65. The van der Waals surface area contributed by atoms with Gasteiger partial charge in [-0.25, -0.2) is 0 Å². The van der Waals surface area contributed by atoms with Crippen molar-refractivity contribution in [3.8, 4) is 5.75 Å². The van der Waals surface area contributed by atoms with Gasteiger partial charge in [-0.2, -0.15) is 18.3 Å². The van der Waals surface area contributed by atoms with E-state index in [1.807, 2.05) is 36.5 Å². The van der Waals surface area contributed by atoms with Gasteiger partial charge >= 0.3 is 6.18 Å². The lowest BCUT2D eigenvalue weighted by Gasteiger charge is -2.12. The van der Waals surface area contributed by atoms with Crippen LogP contribution in [0.1, 0.15) is 16.7 Å². The van der Waals surface area contributed by atoms with Gasteiger partial charge in [-0.1, -0.05) is 24.3 Å². The van der Waals surface area contributed by atoms with E-state index in [1.54, 1.807) is 10.9 Å². The molecule has 0 aliphatic heterocycles. The van der Waals surface area contributed by atoms with Gasteiger partial charge in [0.15, 0.2) is 6.61 Å². The van der Waals surface area contributed by atoms with Crippen molar-refractivity contribution < 1.29 is 22.7 Å². The van der Waals surface area contributed by atoms with Gasteiger partial charge in [0.25, 0.3) is 5.91 Å². The Bertz CT molecular complexity index is 907. The number of ether oxygens (including phenoxy) is 1. The van der Waals surface area contributed by atoms with E-state index in [-0.39, 0.29) is 18.3 Å². The molecule has 2 aromatic carbocycles. The molecule has 0 spiro atoms. The van der Waals surface area contributed by atoms with Crippen molar-refractivity contribution in [2.75, 3.05) is 6.61 Å². The Labute approximate surface area is 159 Å². The molecule has 0 saturated carbocycles. The lowest BCUT2D eigenvalue weighted by Crippen LogP contribution is -2.28. The molecule has 3 rings (SSSR count). The van der Waals surface area contributed by atoms with Crippen molar-refractivity contribution in [3.63, 3.8) is 0 Å². The predicted molar refractivity (Wildman–Crippen MR) is 96.6 cm³/mol. The second-order valence-electron chi connectivity index (χ2n) is 6.06. The van der Waals surface area contributed by atoms with E-state index < -0.39 is 11.7 Å². The maximum atomic E-state index is 12.5. The fourth-order valence-corrected chi connectivity index (χ4v) is 2.59. The Kier molecular flexibility index (Phi) is 5.98. The second kappa shape index (κ2) is 8.60. The van der Waals surface area contributed by atoms with Crippen molar-refractivity contribution in [1.82, 2.24) is 15.1 Å². The van der Waals surface area contributed by atoms with E-state index in [0.29, 0.717) is 13.1 Å². The number of benzene rings is 2. The molecule has 0 aliphatic rings. The van der Waals surface area contributed by atoms with Crippen LogP contribution in [0.15, 0.2) is 67.0 Å². The molecule has 3 aromatic rings. The van der Waals surface area contributed by atoms with Crippen molar-refractivity contribution in [2.45, 2.75) is 19.3 Å². The first-order valence-electron chi connectivity index (χ1n) is 8.53. The normalized spacial score (nSPS) is 11.2. The maximum absolute atomic E-state index is 12.5. The molecule has 0 aliphatic carbocycles. The molecule has 1 heterocycles. The average Bonchev–Trinajstić information content (AvgIpc) is 3.18. The van der Waals surface area contributed by atoms with Crippen molar-refractivity contribution in [3.05, 3.63) is 83.7 Å². The minimum atomic E-state index is -4.40. The Hall–Kier alpha value is -3.29. The summed E-state index contributed by atoms with van der Waals surface area (Å²) in [5.74, 6) is -0.170. The molecule has 0 atom stereocenters. The Morgan fingerprint density at radius 3 is 2.39 bits per heavy atom. The van der Waals surface area contributed by atoms with E-state index in [4.69, 9.17) is 4.74 Å². The van der Waals surface area contributed by atoms with Crippen LogP contribution in [-0.4, -0.2) is 22.3 Å². The van der Waals surface area contributed by atoms with Crippen LogP contribution in [0.3, 0.4) is 0 Å². The summed E-state index contributed by atoms with van der Waals surface area (Å²) in [6.45, 7) is 0.612. The number of hydrogen-bond acceptors (Lipinski definition) is 3. The summed E-state index contributed by atoms with van der Waals surface area (Å²) in [5, 5.41) is 6.92.